The van der Waals surface area contributed by atoms with Crippen LogP contribution in [0.4, 0.5) is 13.2 Å². The Morgan fingerprint density at radius 3 is 2.50 bits per heavy atom. The number of methoxy groups -OCH3 is 1. The van der Waals surface area contributed by atoms with Gasteiger partial charge >= 0.3 is 6.18 Å². The number of hydrogen-bond acceptors (Lipinski definition) is 2. The third-order valence-corrected chi connectivity index (χ3v) is 2.06. The van der Waals surface area contributed by atoms with Gasteiger partial charge in [-0.1, -0.05) is 0 Å². The lowest BCUT2D eigenvalue weighted by atomic mass is 10.0. The molecule has 72 valence electrons. The van der Waals surface area contributed by atoms with Crippen LogP contribution in [0.15, 0.2) is 0 Å². The van der Waals surface area contributed by atoms with E-state index in [0.717, 1.165) is 6.42 Å². The highest BCUT2D eigenvalue weighted by Gasteiger charge is 2.45. The monoisotopic (exact) mass is 183 g/mol. The second kappa shape index (κ2) is 3.62. The van der Waals surface area contributed by atoms with Gasteiger partial charge in [-0.25, -0.2) is 0 Å². The summed E-state index contributed by atoms with van der Waals surface area (Å²) in [6.07, 6.45) is -3.70. The Morgan fingerprint density at radius 2 is 2.08 bits per heavy atom. The molecule has 1 rings (SSSR count). The smallest absolute Gasteiger partial charge is 0.379 e. The lowest BCUT2D eigenvalue weighted by molar-refractivity contribution is -0.187. The summed E-state index contributed by atoms with van der Waals surface area (Å²) in [6.45, 7) is 0.421. The zero-order valence-corrected chi connectivity index (χ0v) is 6.82. The van der Waals surface area contributed by atoms with Crippen molar-refractivity contribution in [3.05, 3.63) is 0 Å². The molecule has 0 saturated carbocycles. The van der Waals surface area contributed by atoms with Gasteiger partial charge < -0.3 is 10.1 Å². The van der Waals surface area contributed by atoms with E-state index in [1.807, 2.05) is 0 Å². The van der Waals surface area contributed by atoms with Gasteiger partial charge in [0.2, 0.25) is 0 Å². The third-order valence-electron chi connectivity index (χ3n) is 2.06. The van der Waals surface area contributed by atoms with Crippen molar-refractivity contribution in [1.82, 2.24) is 5.32 Å². The number of piperidine rings is 1. The van der Waals surface area contributed by atoms with E-state index in [1.165, 1.54) is 7.11 Å². The van der Waals surface area contributed by atoms with Gasteiger partial charge in [0.1, 0.15) is 6.04 Å². The topological polar surface area (TPSA) is 21.3 Å². The molecule has 0 spiro atoms. The summed E-state index contributed by atoms with van der Waals surface area (Å²) in [6, 6.07) is -1.49. The van der Waals surface area contributed by atoms with Gasteiger partial charge in [-0.05, 0) is 19.4 Å². The highest BCUT2D eigenvalue weighted by Crippen LogP contribution is 2.27. The molecule has 5 heteroatoms. The molecule has 0 radical (unpaired) electrons. The lowest BCUT2D eigenvalue weighted by Gasteiger charge is -2.32. The highest BCUT2D eigenvalue weighted by molar-refractivity contribution is 4.87. The summed E-state index contributed by atoms with van der Waals surface area (Å²) in [7, 11) is 1.32. The van der Waals surface area contributed by atoms with Crippen LogP contribution in [0.3, 0.4) is 0 Å². The predicted octanol–water partition coefficient (Wildman–Crippen LogP) is 1.32. The molecule has 1 fully saturated rings. The minimum atomic E-state index is -4.19. The number of hydrogen-bond donors (Lipinski definition) is 1. The van der Waals surface area contributed by atoms with E-state index in [9.17, 15) is 13.2 Å². The standard InChI is InChI=1S/C7H12F3NO/c1-12-5-3-2-4-11-6(5)7(8,9)10/h5-6,11H,2-4H2,1H3/t5-,6+/m1/s1. The molecule has 0 bridgehead atoms. The number of alkyl halides is 3. The second-order valence-electron chi connectivity index (χ2n) is 2.89. The van der Waals surface area contributed by atoms with Crippen LogP contribution in [0, 0.1) is 0 Å². The summed E-state index contributed by atoms with van der Waals surface area (Å²) in [4.78, 5) is 0. The van der Waals surface area contributed by atoms with Crippen LogP contribution in [0.1, 0.15) is 12.8 Å². The fourth-order valence-electron chi connectivity index (χ4n) is 1.44. The maximum Gasteiger partial charge on any atom is 0.406 e. The largest absolute Gasteiger partial charge is 0.406 e. The first-order valence-corrected chi connectivity index (χ1v) is 3.88. The number of nitrogens with one attached hydrogen (secondary N) is 1. The van der Waals surface area contributed by atoms with Crippen molar-refractivity contribution in [2.75, 3.05) is 13.7 Å². The van der Waals surface area contributed by atoms with Crippen LogP contribution in [0.25, 0.3) is 0 Å². The molecule has 2 nitrogen and oxygen atoms in total. The van der Waals surface area contributed by atoms with Gasteiger partial charge in [0.05, 0.1) is 6.10 Å². The van der Waals surface area contributed by atoms with Gasteiger partial charge in [-0.3, -0.25) is 0 Å². The minimum Gasteiger partial charge on any atom is -0.379 e. The van der Waals surface area contributed by atoms with E-state index in [0.29, 0.717) is 13.0 Å². The third kappa shape index (κ3) is 2.10. The molecular weight excluding hydrogens is 171 g/mol. The molecule has 0 aromatic heterocycles. The van der Waals surface area contributed by atoms with Crippen LogP contribution < -0.4 is 5.32 Å². The van der Waals surface area contributed by atoms with Crippen molar-refractivity contribution in [2.24, 2.45) is 0 Å². The SMILES string of the molecule is CO[C@@H]1CCCN[C@@H]1C(F)(F)F. The van der Waals surface area contributed by atoms with Crippen LogP contribution in [0.5, 0.6) is 0 Å². The zero-order chi connectivity index (χ0) is 9.19. The number of halogens is 3. The molecule has 1 saturated heterocycles. The molecule has 0 aliphatic carbocycles. The highest BCUT2D eigenvalue weighted by atomic mass is 19.4. The normalized spacial score (nSPS) is 32.0. The fourth-order valence-corrected chi connectivity index (χ4v) is 1.44. The Morgan fingerprint density at radius 1 is 1.42 bits per heavy atom. The molecule has 0 aromatic rings. The quantitative estimate of drug-likeness (QED) is 0.661. The average Bonchev–Trinajstić information content (AvgIpc) is 2.03. The van der Waals surface area contributed by atoms with Crippen LogP contribution in [-0.4, -0.2) is 32.0 Å². The second-order valence-corrected chi connectivity index (χ2v) is 2.89. The van der Waals surface area contributed by atoms with Crippen LogP contribution in [0.2, 0.25) is 0 Å². The Labute approximate surface area is 69.1 Å². The van der Waals surface area contributed by atoms with Crippen molar-refractivity contribution in [1.29, 1.82) is 0 Å². The molecule has 12 heavy (non-hydrogen) atoms. The molecule has 1 N–H and O–H groups in total. The summed E-state index contributed by atoms with van der Waals surface area (Å²) in [5, 5.41) is 2.41. The lowest BCUT2D eigenvalue weighted by Crippen LogP contribution is -2.54. The molecular formula is C7H12F3NO. The number of rotatable bonds is 1. The first-order chi connectivity index (χ1) is 5.55. The molecule has 1 aliphatic rings. The molecule has 0 unspecified atom stereocenters. The molecule has 0 amide bonds. The Bertz CT molecular complexity index is 148. The van der Waals surface area contributed by atoms with Crippen LogP contribution >= 0.6 is 0 Å². The van der Waals surface area contributed by atoms with Crippen molar-refractivity contribution in [2.45, 2.75) is 31.2 Å². The van der Waals surface area contributed by atoms with Gasteiger partial charge in [0.15, 0.2) is 0 Å². The van der Waals surface area contributed by atoms with E-state index >= 15 is 0 Å². The Hall–Kier alpha value is -0.290. The van der Waals surface area contributed by atoms with E-state index in [-0.39, 0.29) is 0 Å². The predicted molar refractivity (Wildman–Crippen MR) is 37.9 cm³/mol. The molecule has 0 aromatic carbocycles. The van der Waals surface area contributed by atoms with Crippen molar-refractivity contribution in [3.8, 4) is 0 Å². The number of ether oxygens (including phenoxy) is 1. The maximum absolute atomic E-state index is 12.2. The maximum atomic E-state index is 12.2. The fraction of sp³-hybridized carbons (Fsp3) is 1.00. The summed E-state index contributed by atoms with van der Waals surface area (Å²) < 4.78 is 41.5. The van der Waals surface area contributed by atoms with E-state index in [2.05, 4.69) is 5.32 Å². The van der Waals surface area contributed by atoms with Gasteiger partial charge in [0, 0.05) is 7.11 Å². The van der Waals surface area contributed by atoms with Gasteiger partial charge in [0.25, 0.3) is 0 Å². The van der Waals surface area contributed by atoms with Gasteiger partial charge in [-0.15, -0.1) is 0 Å². The van der Waals surface area contributed by atoms with Crippen molar-refractivity contribution >= 4 is 0 Å². The molecule has 1 heterocycles. The van der Waals surface area contributed by atoms with Crippen molar-refractivity contribution < 1.29 is 17.9 Å². The average molecular weight is 183 g/mol. The summed E-state index contributed by atoms with van der Waals surface area (Å²) in [5.41, 5.74) is 0. The van der Waals surface area contributed by atoms with E-state index < -0.39 is 18.3 Å². The first kappa shape index (κ1) is 9.80. The molecule has 1 aliphatic heterocycles. The molecule has 2 atom stereocenters. The first-order valence-electron chi connectivity index (χ1n) is 3.88. The summed E-state index contributed by atoms with van der Waals surface area (Å²) in [5.74, 6) is 0. The van der Waals surface area contributed by atoms with Crippen LogP contribution in [-0.2, 0) is 4.74 Å². The van der Waals surface area contributed by atoms with E-state index in [1.54, 1.807) is 0 Å². The van der Waals surface area contributed by atoms with E-state index in [4.69, 9.17) is 4.74 Å². The van der Waals surface area contributed by atoms with Crippen molar-refractivity contribution in [3.63, 3.8) is 0 Å². The minimum absolute atomic E-state index is 0.421. The zero-order valence-electron chi connectivity index (χ0n) is 6.82. The summed E-state index contributed by atoms with van der Waals surface area (Å²) >= 11 is 0. The Balaban J connectivity index is 2.59. The Kier molecular flexibility index (Phi) is 2.95. The van der Waals surface area contributed by atoms with Gasteiger partial charge in [-0.2, -0.15) is 13.2 Å².